The number of phenols is 2. The molecular formula is C21H16N4O3. The summed E-state index contributed by atoms with van der Waals surface area (Å²) in [5, 5.41) is 24.2. The van der Waals surface area contributed by atoms with Gasteiger partial charge in [-0.25, -0.2) is 4.68 Å². The Hall–Kier alpha value is -4.13. The van der Waals surface area contributed by atoms with Crippen molar-refractivity contribution < 1.29 is 15.0 Å². The van der Waals surface area contributed by atoms with Gasteiger partial charge in [0.15, 0.2) is 0 Å². The molecule has 0 spiro atoms. The molecule has 138 valence electrons. The maximum Gasteiger partial charge on any atom is 0.218 e. The zero-order valence-corrected chi connectivity index (χ0v) is 14.7. The Balaban J connectivity index is 1.87. The van der Waals surface area contributed by atoms with Crippen molar-refractivity contribution in [3.05, 3.63) is 79.3 Å². The van der Waals surface area contributed by atoms with E-state index in [-0.39, 0.29) is 11.5 Å². The SMILES string of the molecule is O=CN(c1ccncc1)c1ccccc1-n1nccc1-c1ccc(O)cc1O. The molecule has 2 aromatic carbocycles. The van der Waals surface area contributed by atoms with Gasteiger partial charge < -0.3 is 10.2 Å². The summed E-state index contributed by atoms with van der Waals surface area (Å²) in [7, 11) is 0. The lowest BCUT2D eigenvalue weighted by Crippen LogP contribution is -2.17. The number of nitrogens with zero attached hydrogens (tertiary/aromatic N) is 4. The molecule has 0 unspecified atom stereocenters. The first-order valence-electron chi connectivity index (χ1n) is 8.49. The van der Waals surface area contributed by atoms with Crippen LogP contribution in [-0.2, 0) is 4.79 Å². The minimum atomic E-state index is -0.0689. The Labute approximate surface area is 160 Å². The zero-order chi connectivity index (χ0) is 19.5. The fourth-order valence-electron chi connectivity index (χ4n) is 3.04. The molecule has 0 aliphatic carbocycles. The van der Waals surface area contributed by atoms with Crippen molar-refractivity contribution in [2.24, 2.45) is 0 Å². The van der Waals surface area contributed by atoms with Crippen molar-refractivity contribution in [3.8, 4) is 28.4 Å². The molecule has 7 nitrogen and oxygen atoms in total. The number of pyridine rings is 1. The van der Waals surface area contributed by atoms with Crippen LogP contribution in [0.25, 0.3) is 16.9 Å². The van der Waals surface area contributed by atoms with Gasteiger partial charge in [-0.3, -0.25) is 14.7 Å². The summed E-state index contributed by atoms with van der Waals surface area (Å²) < 4.78 is 1.64. The van der Waals surface area contributed by atoms with Gasteiger partial charge in [-0.05, 0) is 42.5 Å². The van der Waals surface area contributed by atoms with Gasteiger partial charge in [-0.2, -0.15) is 5.10 Å². The van der Waals surface area contributed by atoms with Gasteiger partial charge in [-0.1, -0.05) is 12.1 Å². The fourth-order valence-corrected chi connectivity index (χ4v) is 3.04. The van der Waals surface area contributed by atoms with Crippen LogP contribution in [0.1, 0.15) is 0 Å². The van der Waals surface area contributed by atoms with Crippen LogP contribution in [0, 0.1) is 0 Å². The third kappa shape index (κ3) is 3.05. The number of aromatic nitrogens is 3. The van der Waals surface area contributed by atoms with Crippen molar-refractivity contribution in [3.63, 3.8) is 0 Å². The quantitative estimate of drug-likeness (QED) is 0.522. The average Bonchev–Trinajstić information content (AvgIpc) is 3.19. The van der Waals surface area contributed by atoms with Gasteiger partial charge in [0.2, 0.25) is 6.41 Å². The molecule has 2 N–H and O–H groups in total. The summed E-state index contributed by atoms with van der Waals surface area (Å²) in [5.41, 5.74) is 3.06. The minimum absolute atomic E-state index is 0.0301. The first-order valence-corrected chi connectivity index (χ1v) is 8.49. The lowest BCUT2D eigenvalue weighted by atomic mass is 10.1. The van der Waals surface area contributed by atoms with E-state index in [1.54, 1.807) is 47.5 Å². The topological polar surface area (TPSA) is 91.5 Å². The van der Waals surface area contributed by atoms with Crippen LogP contribution < -0.4 is 4.90 Å². The highest BCUT2D eigenvalue weighted by atomic mass is 16.3. The van der Waals surface area contributed by atoms with E-state index in [2.05, 4.69) is 10.1 Å². The number of carbonyl (C=O) groups excluding carboxylic acids is 1. The number of phenolic OH excluding ortho intramolecular Hbond substituents is 2. The number of hydrogen-bond acceptors (Lipinski definition) is 5. The third-order valence-corrected chi connectivity index (χ3v) is 4.32. The molecular weight excluding hydrogens is 356 g/mol. The Morgan fingerprint density at radius 2 is 1.71 bits per heavy atom. The molecule has 0 aliphatic rings. The van der Waals surface area contributed by atoms with Crippen LogP contribution in [-0.4, -0.2) is 31.4 Å². The van der Waals surface area contributed by atoms with E-state index >= 15 is 0 Å². The number of amides is 1. The zero-order valence-electron chi connectivity index (χ0n) is 14.7. The Bertz CT molecular complexity index is 1130. The van der Waals surface area contributed by atoms with E-state index in [4.69, 9.17) is 0 Å². The normalized spacial score (nSPS) is 10.6. The number of para-hydroxylation sites is 2. The first-order chi connectivity index (χ1) is 13.7. The van der Waals surface area contributed by atoms with Crippen LogP contribution in [0.15, 0.2) is 79.3 Å². The molecule has 2 aromatic heterocycles. The number of anilines is 2. The Morgan fingerprint density at radius 1 is 0.929 bits per heavy atom. The van der Waals surface area contributed by atoms with E-state index in [9.17, 15) is 15.0 Å². The average molecular weight is 372 g/mol. The Morgan fingerprint density at radius 3 is 2.46 bits per heavy atom. The smallest absolute Gasteiger partial charge is 0.218 e. The second-order valence-corrected chi connectivity index (χ2v) is 6.00. The first kappa shape index (κ1) is 17.3. The van der Waals surface area contributed by atoms with Crippen molar-refractivity contribution in [2.75, 3.05) is 4.90 Å². The summed E-state index contributed by atoms with van der Waals surface area (Å²) >= 11 is 0. The number of aromatic hydroxyl groups is 2. The van der Waals surface area contributed by atoms with E-state index in [0.717, 1.165) is 6.41 Å². The van der Waals surface area contributed by atoms with E-state index < -0.39 is 0 Å². The van der Waals surface area contributed by atoms with Gasteiger partial charge in [0.1, 0.15) is 11.5 Å². The number of benzene rings is 2. The van der Waals surface area contributed by atoms with Crippen LogP contribution >= 0.6 is 0 Å². The molecule has 0 saturated carbocycles. The highest BCUT2D eigenvalue weighted by Gasteiger charge is 2.18. The van der Waals surface area contributed by atoms with E-state index in [1.165, 1.54) is 17.0 Å². The monoisotopic (exact) mass is 372 g/mol. The molecule has 2 heterocycles. The Kier molecular flexibility index (Phi) is 4.47. The molecule has 7 heteroatoms. The maximum absolute atomic E-state index is 11.9. The van der Waals surface area contributed by atoms with Crippen LogP contribution in [0.5, 0.6) is 11.5 Å². The lowest BCUT2D eigenvalue weighted by Gasteiger charge is -2.21. The number of carbonyl (C=O) groups is 1. The van der Waals surface area contributed by atoms with Crippen molar-refractivity contribution in [2.45, 2.75) is 0 Å². The predicted octanol–water partition coefficient (Wildman–Crippen LogP) is 3.64. The molecule has 0 fully saturated rings. The van der Waals surface area contributed by atoms with Gasteiger partial charge in [-0.15, -0.1) is 0 Å². The van der Waals surface area contributed by atoms with Crippen LogP contribution in [0.2, 0.25) is 0 Å². The molecule has 28 heavy (non-hydrogen) atoms. The highest BCUT2D eigenvalue weighted by Crippen LogP contribution is 2.36. The third-order valence-electron chi connectivity index (χ3n) is 4.32. The summed E-state index contributed by atoms with van der Waals surface area (Å²) in [6.45, 7) is 0. The summed E-state index contributed by atoms with van der Waals surface area (Å²) in [6, 6.07) is 16.9. The molecule has 0 aliphatic heterocycles. The summed E-state index contributed by atoms with van der Waals surface area (Å²) in [4.78, 5) is 17.4. The minimum Gasteiger partial charge on any atom is -0.508 e. The van der Waals surface area contributed by atoms with Gasteiger partial charge in [0.05, 0.1) is 29.0 Å². The fraction of sp³-hybridized carbons (Fsp3) is 0. The molecule has 0 radical (unpaired) electrons. The molecule has 0 atom stereocenters. The van der Waals surface area contributed by atoms with Gasteiger partial charge >= 0.3 is 0 Å². The molecule has 0 saturated heterocycles. The van der Waals surface area contributed by atoms with E-state index in [0.29, 0.717) is 28.3 Å². The number of hydrogen-bond donors (Lipinski definition) is 2. The van der Waals surface area contributed by atoms with Crippen LogP contribution in [0.3, 0.4) is 0 Å². The van der Waals surface area contributed by atoms with Crippen LogP contribution in [0.4, 0.5) is 11.4 Å². The second kappa shape index (κ2) is 7.24. The summed E-state index contributed by atoms with van der Waals surface area (Å²) in [6.07, 6.45) is 5.57. The lowest BCUT2D eigenvalue weighted by molar-refractivity contribution is -0.106. The molecule has 4 rings (SSSR count). The summed E-state index contributed by atoms with van der Waals surface area (Å²) in [5.74, 6) is -0.0989. The van der Waals surface area contributed by atoms with Gasteiger partial charge in [0.25, 0.3) is 0 Å². The predicted molar refractivity (Wildman–Crippen MR) is 105 cm³/mol. The molecule has 1 amide bonds. The number of rotatable bonds is 5. The molecule has 4 aromatic rings. The van der Waals surface area contributed by atoms with Crippen molar-refractivity contribution in [1.82, 2.24) is 14.8 Å². The van der Waals surface area contributed by atoms with Crippen molar-refractivity contribution in [1.29, 1.82) is 0 Å². The standard InChI is InChI=1S/C21H16N4O3/c26-14-24(15-7-10-22-11-8-15)19-3-1-2-4-20(19)25-18(9-12-23-25)17-6-5-16(27)13-21(17)28/h1-14,27-28H. The second-order valence-electron chi connectivity index (χ2n) is 6.00. The largest absolute Gasteiger partial charge is 0.508 e. The van der Waals surface area contributed by atoms with Crippen molar-refractivity contribution >= 4 is 17.8 Å². The van der Waals surface area contributed by atoms with Gasteiger partial charge in [0, 0.05) is 24.0 Å². The van der Waals surface area contributed by atoms with E-state index in [1.807, 2.05) is 24.3 Å². The highest BCUT2D eigenvalue weighted by molar-refractivity contribution is 5.90. The maximum atomic E-state index is 11.9. The molecule has 0 bridgehead atoms.